The monoisotopic (exact) mass is 332 g/mol. The molecule has 0 unspecified atom stereocenters. The molecule has 0 aliphatic carbocycles. The lowest BCUT2D eigenvalue weighted by atomic mass is 10.2. The molecule has 126 valence electrons. The smallest absolute Gasteiger partial charge is 0.259 e. The average molecular weight is 332 g/mol. The summed E-state index contributed by atoms with van der Waals surface area (Å²) in [5.74, 6) is -0.917. The highest BCUT2D eigenvalue weighted by molar-refractivity contribution is 6.05. The molecule has 2 aromatic rings. The van der Waals surface area contributed by atoms with Crippen LogP contribution in [0.5, 0.6) is 0 Å². The minimum Gasteiger partial charge on any atom is -0.469 e. The van der Waals surface area contributed by atoms with Crippen molar-refractivity contribution < 1.29 is 23.1 Å². The third kappa shape index (κ3) is 3.46. The van der Waals surface area contributed by atoms with Crippen molar-refractivity contribution in [1.29, 1.82) is 0 Å². The SMILES string of the molecule is Cc1occc1C(=O)Nc1cc(NC(=O)[C@@H]2CCCO2)ccc1F. The Morgan fingerprint density at radius 1 is 1.25 bits per heavy atom. The van der Waals surface area contributed by atoms with Crippen molar-refractivity contribution in [2.24, 2.45) is 0 Å². The molecule has 2 N–H and O–H groups in total. The molecule has 0 saturated carbocycles. The molecule has 0 bridgehead atoms. The van der Waals surface area contributed by atoms with E-state index >= 15 is 0 Å². The Bertz CT molecular complexity index is 766. The first-order chi connectivity index (χ1) is 11.5. The Hall–Kier alpha value is -2.67. The first-order valence-electron chi connectivity index (χ1n) is 7.62. The maximum atomic E-state index is 13.9. The number of benzene rings is 1. The van der Waals surface area contributed by atoms with Crippen LogP contribution in [0.1, 0.15) is 29.0 Å². The third-order valence-corrected chi connectivity index (χ3v) is 3.81. The zero-order chi connectivity index (χ0) is 17.1. The standard InChI is InChI=1S/C17H17FN2O4/c1-10-12(6-8-23-10)16(21)20-14-9-11(4-5-13(14)18)19-17(22)15-3-2-7-24-15/h4-6,8-9,15H,2-3,7H2,1H3,(H,19,22)(H,20,21)/t15-/m0/s1. The van der Waals surface area contributed by atoms with Gasteiger partial charge in [0.05, 0.1) is 17.5 Å². The van der Waals surface area contributed by atoms with Crippen LogP contribution in [0.25, 0.3) is 0 Å². The topological polar surface area (TPSA) is 80.6 Å². The normalized spacial score (nSPS) is 16.8. The van der Waals surface area contributed by atoms with E-state index in [2.05, 4.69) is 10.6 Å². The van der Waals surface area contributed by atoms with Crippen molar-refractivity contribution in [2.45, 2.75) is 25.9 Å². The molecule has 1 aliphatic rings. The fraction of sp³-hybridized carbons (Fsp3) is 0.294. The van der Waals surface area contributed by atoms with Crippen molar-refractivity contribution in [2.75, 3.05) is 17.2 Å². The fourth-order valence-electron chi connectivity index (χ4n) is 2.52. The molecule has 0 radical (unpaired) electrons. The second-order valence-electron chi connectivity index (χ2n) is 5.53. The van der Waals surface area contributed by atoms with E-state index < -0.39 is 17.8 Å². The fourth-order valence-corrected chi connectivity index (χ4v) is 2.52. The lowest BCUT2D eigenvalue weighted by molar-refractivity contribution is -0.124. The molecule has 7 heteroatoms. The number of carbonyl (C=O) groups excluding carboxylic acids is 2. The van der Waals surface area contributed by atoms with Gasteiger partial charge in [-0.2, -0.15) is 0 Å². The highest BCUT2D eigenvalue weighted by atomic mass is 19.1. The van der Waals surface area contributed by atoms with Crippen LogP contribution >= 0.6 is 0 Å². The van der Waals surface area contributed by atoms with E-state index in [1.807, 2.05) is 0 Å². The van der Waals surface area contributed by atoms with Gasteiger partial charge in [-0.25, -0.2) is 4.39 Å². The first kappa shape index (κ1) is 16.2. The van der Waals surface area contributed by atoms with Crippen LogP contribution in [0.3, 0.4) is 0 Å². The Balaban J connectivity index is 1.73. The van der Waals surface area contributed by atoms with Crippen LogP contribution in [0, 0.1) is 12.7 Å². The summed E-state index contributed by atoms with van der Waals surface area (Å²) >= 11 is 0. The summed E-state index contributed by atoms with van der Waals surface area (Å²) in [6.07, 6.45) is 2.41. The number of carbonyl (C=O) groups is 2. The van der Waals surface area contributed by atoms with Gasteiger partial charge in [0.15, 0.2) is 0 Å². The molecule has 2 amide bonds. The third-order valence-electron chi connectivity index (χ3n) is 3.81. The second kappa shape index (κ2) is 6.84. The van der Waals surface area contributed by atoms with Crippen LogP contribution < -0.4 is 10.6 Å². The zero-order valence-corrected chi connectivity index (χ0v) is 13.1. The quantitative estimate of drug-likeness (QED) is 0.901. The largest absolute Gasteiger partial charge is 0.469 e. The van der Waals surface area contributed by atoms with E-state index in [0.717, 1.165) is 6.42 Å². The lowest BCUT2D eigenvalue weighted by Crippen LogP contribution is -2.26. The highest BCUT2D eigenvalue weighted by Crippen LogP contribution is 2.22. The Morgan fingerprint density at radius 3 is 2.75 bits per heavy atom. The molecular weight excluding hydrogens is 315 g/mol. The molecule has 1 aliphatic heterocycles. The number of amides is 2. The van der Waals surface area contributed by atoms with Gasteiger partial charge in [-0.05, 0) is 44.0 Å². The van der Waals surface area contributed by atoms with Crippen molar-refractivity contribution in [3.8, 4) is 0 Å². The Morgan fingerprint density at radius 2 is 2.08 bits per heavy atom. The minimum absolute atomic E-state index is 0.0225. The van der Waals surface area contributed by atoms with Crippen molar-refractivity contribution in [3.05, 3.63) is 47.7 Å². The predicted octanol–water partition coefficient (Wildman–Crippen LogP) is 3.10. The van der Waals surface area contributed by atoms with Crippen LogP contribution in [0.2, 0.25) is 0 Å². The minimum atomic E-state index is -0.598. The van der Waals surface area contributed by atoms with Gasteiger partial charge in [0, 0.05) is 12.3 Å². The highest BCUT2D eigenvalue weighted by Gasteiger charge is 2.23. The van der Waals surface area contributed by atoms with Gasteiger partial charge in [0.25, 0.3) is 11.8 Å². The Labute approximate surface area is 138 Å². The molecule has 1 saturated heterocycles. The van der Waals surface area contributed by atoms with Gasteiger partial charge in [-0.1, -0.05) is 0 Å². The molecule has 1 atom stereocenters. The van der Waals surface area contributed by atoms with Gasteiger partial charge in [-0.15, -0.1) is 0 Å². The van der Waals surface area contributed by atoms with Gasteiger partial charge in [0.2, 0.25) is 0 Å². The summed E-state index contributed by atoms with van der Waals surface area (Å²) in [6.45, 7) is 2.20. The molecular formula is C17H17FN2O4. The van der Waals surface area contributed by atoms with Gasteiger partial charge in [-0.3, -0.25) is 9.59 Å². The van der Waals surface area contributed by atoms with Gasteiger partial charge >= 0.3 is 0 Å². The number of halogens is 1. The average Bonchev–Trinajstić information content (AvgIpc) is 3.21. The predicted molar refractivity (Wildman–Crippen MR) is 85.4 cm³/mol. The summed E-state index contributed by atoms with van der Waals surface area (Å²) < 4.78 is 24.3. The molecule has 6 nitrogen and oxygen atoms in total. The van der Waals surface area contributed by atoms with E-state index in [4.69, 9.17) is 9.15 Å². The second-order valence-corrected chi connectivity index (χ2v) is 5.53. The number of anilines is 2. The van der Waals surface area contributed by atoms with E-state index in [9.17, 15) is 14.0 Å². The maximum Gasteiger partial charge on any atom is 0.259 e. The first-order valence-corrected chi connectivity index (χ1v) is 7.62. The molecule has 1 aromatic carbocycles. The summed E-state index contributed by atoms with van der Waals surface area (Å²) in [6, 6.07) is 5.49. The molecule has 0 spiro atoms. The Kier molecular flexibility index (Phi) is 4.61. The number of rotatable bonds is 4. The number of hydrogen-bond donors (Lipinski definition) is 2. The van der Waals surface area contributed by atoms with E-state index in [0.29, 0.717) is 30.0 Å². The van der Waals surface area contributed by atoms with Crippen LogP contribution in [0.15, 0.2) is 34.9 Å². The van der Waals surface area contributed by atoms with Crippen LogP contribution in [-0.4, -0.2) is 24.5 Å². The summed E-state index contributed by atoms with van der Waals surface area (Å²) in [5, 5.41) is 5.15. The van der Waals surface area contributed by atoms with E-state index in [-0.39, 0.29) is 11.6 Å². The van der Waals surface area contributed by atoms with Crippen molar-refractivity contribution in [3.63, 3.8) is 0 Å². The molecule has 2 heterocycles. The molecule has 1 aromatic heterocycles. The van der Waals surface area contributed by atoms with Crippen molar-refractivity contribution >= 4 is 23.2 Å². The zero-order valence-electron chi connectivity index (χ0n) is 13.1. The summed E-state index contributed by atoms with van der Waals surface area (Å²) in [4.78, 5) is 24.2. The number of ether oxygens (including phenoxy) is 1. The van der Waals surface area contributed by atoms with Gasteiger partial charge in [0.1, 0.15) is 17.7 Å². The maximum absolute atomic E-state index is 13.9. The molecule has 3 rings (SSSR count). The molecule has 24 heavy (non-hydrogen) atoms. The number of aryl methyl sites for hydroxylation is 1. The number of furan rings is 1. The van der Waals surface area contributed by atoms with Crippen LogP contribution in [-0.2, 0) is 9.53 Å². The summed E-state index contributed by atoms with van der Waals surface area (Å²) in [7, 11) is 0. The number of hydrogen-bond acceptors (Lipinski definition) is 4. The van der Waals surface area contributed by atoms with E-state index in [1.54, 1.807) is 6.92 Å². The lowest BCUT2D eigenvalue weighted by Gasteiger charge is -2.12. The summed E-state index contributed by atoms with van der Waals surface area (Å²) in [5.41, 5.74) is 0.685. The van der Waals surface area contributed by atoms with Crippen LogP contribution in [0.4, 0.5) is 15.8 Å². The molecule has 1 fully saturated rings. The van der Waals surface area contributed by atoms with Crippen molar-refractivity contribution in [1.82, 2.24) is 0 Å². The van der Waals surface area contributed by atoms with Gasteiger partial charge < -0.3 is 19.8 Å². The number of nitrogens with one attached hydrogen (secondary N) is 2. The van der Waals surface area contributed by atoms with E-state index in [1.165, 1.54) is 30.5 Å².